The summed E-state index contributed by atoms with van der Waals surface area (Å²) < 4.78 is 63.7. The summed E-state index contributed by atoms with van der Waals surface area (Å²) in [6.45, 7) is -0.0296. The van der Waals surface area contributed by atoms with Gasteiger partial charge in [0, 0.05) is 12.0 Å². The lowest BCUT2D eigenvalue weighted by molar-refractivity contribution is -0.210. The third kappa shape index (κ3) is 3.42. The Morgan fingerprint density at radius 1 is 1.32 bits per heavy atom. The van der Waals surface area contributed by atoms with E-state index in [1.165, 1.54) is 19.1 Å². The van der Waals surface area contributed by atoms with Crippen LogP contribution in [0.1, 0.15) is 17.5 Å². The molecule has 0 saturated carbocycles. The van der Waals surface area contributed by atoms with Crippen molar-refractivity contribution in [2.75, 3.05) is 6.67 Å². The third-order valence-corrected chi connectivity index (χ3v) is 2.90. The highest BCUT2D eigenvalue weighted by atomic mass is 19.4. The normalized spacial score (nSPS) is 17.1. The van der Waals surface area contributed by atoms with E-state index >= 15 is 0 Å². The SMILES string of the molecule is Cc1cccc([C@](N)(CF)C[C@H](O)C(F)(F)F)c1F. The minimum Gasteiger partial charge on any atom is -0.384 e. The summed E-state index contributed by atoms with van der Waals surface area (Å²) >= 11 is 0. The summed E-state index contributed by atoms with van der Waals surface area (Å²) in [5, 5.41) is 8.98. The average Bonchev–Trinajstić information content (AvgIpc) is 2.31. The minimum absolute atomic E-state index is 0.141. The summed E-state index contributed by atoms with van der Waals surface area (Å²) in [6.07, 6.45) is -8.89. The molecule has 0 aromatic heterocycles. The lowest BCUT2D eigenvalue weighted by Crippen LogP contribution is -2.46. The standard InChI is InChI=1S/C12H14F5NO/c1-7-3-2-4-8(10(7)14)11(18,6-13)5-9(19)12(15,16)17/h2-4,9,19H,5-6,18H2,1H3/t9-,11+/m0/s1. The molecule has 0 radical (unpaired) electrons. The van der Waals surface area contributed by atoms with E-state index in [2.05, 4.69) is 0 Å². The van der Waals surface area contributed by atoms with Gasteiger partial charge in [0.25, 0.3) is 0 Å². The second-order valence-corrected chi connectivity index (χ2v) is 4.49. The fourth-order valence-electron chi connectivity index (χ4n) is 1.73. The highest BCUT2D eigenvalue weighted by molar-refractivity contribution is 5.31. The third-order valence-electron chi connectivity index (χ3n) is 2.90. The van der Waals surface area contributed by atoms with E-state index in [0.29, 0.717) is 0 Å². The molecule has 0 spiro atoms. The van der Waals surface area contributed by atoms with E-state index in [-0.39, 0.29) is 11.1 Å². The molecule has 1 aromatic rings. The zero-order valence-corrected chi connectivity index (χ0v) is 10.1. The molecule has 0 fully saturated rings. The van der Waals surface area contributed by atoms with E-state index in [1.807, 2.05) is 0 Å². The van der Waals surface area contributed by atoms with Crippen LogP contribution in [0.3, 0.4) is 0 Å². The predicted octanol–water partition coefficient (Wildman–Crippen LogP) is 2.57. The smallest absolute Gasteiger partial charge is 0.384 e. The quantitative estimate of drug-likeness (QED) is 0.834. The maximum Gasteiger partial charge on any atom is 0.414 e. The monoisotopic (exact) mass is 283 g/mol. The molecule has 0 aliphatic rings. The number of alkyl halides is 4. The van der Waals surface area contributed by atoms with E-state index in [9.17, 15) is 22.0 Å². The van der Waals surface area contributed by atoms with Crippen molar-refractivity contribution in [2.45, 2.75) is 31.2 Å². The number of halogens is 5. The molecule has 7 heteroatoms. The Bertz CT molecular complexity index is 448. The number of hydrogen-bond donors (Lipinski definition) is 2. The molecule has 1 aromatic carbocycles. The van der Waals surface area contributed by atoms with Crippen LogP contribution in [0, 0.1) is 12.7 Å². The number of aliphatic hydroxyl groups excluding tert-OH is 1. The van der Waals surface area contributed by atoms with Crippen molar-refractivity contribution >= 4 is 0 Å². The number of hydrogen-bond acceptors (Lipinski definition) is 2. The Morgan fingerprint density at radius 3 is 2.37 bits per heavy atom. The van der Waals surface area contributed by atoms with Gasteiger partial charge in [-0.15, -0.1) is 0 Å². The molecule has 0 aliphatic heterocycles. The van der Waals surface area contributed by atoms with Crippen molar-refractivity contribution in [1.29, 1.82) is 0 Å². The van der Waals surface area contributed by atoms with Crippen LogP contribution >= 0.6 is 0 Å². The first-order valence-corrected chi connectivity index (χ1v) is 5.47. The van der Waals surface area contributed by atoms with Crippen LogP contribution in [-0.4, -0.2) is 24.1 Å². The van der Waals surface area contributed by atoms with Crippen molar-refractivity contribution in [3.63, 3.8) is 0 Å². The molecule has 2 atom stereocenters. The predicted molar refractivity (Wildman–Crippen MR) is 59.7 cm³/mol. The Kier molecular flexibility index (Phi) is 4.52. The molecular formula is C12H14F5NO. The summed E-state index contributed by atoms with van der Waals surface area (Å²) in [5.74, 6) is -0.864. The molecule has 0 unspecified atom stereocenters. The molecule has 19 heavy (non-hydrogen) atoms. The molecule has 0 heterocycles. The Hall–Kier alpha value is -1.21. The van der Waals surface area contributed by atoms with Crippen LogP contribution < -0.4 is 5.73 Å². The minimum atomic E-state index is -4.93. The van der Waals surface area contributed by atoms with Crippen molar-refractivity contribution < 1.29 is 27.1 Å². The molecule has 0 amide bonds. The van der Waals surface area contributed by atoms with Gasteiger partial charge >= 0.3 is 6.18 Å². The Balaban J connectivity index is 3.14. The molecule has 0 aliphatic carbocycles. The lowest BCUT2D eigenvalue weighted by atomic mass is 9.85. The first kappa shape index (κ1) is 15.8. The summed E-state index contributed by atoms with van der Waals surface area (Å²) in [6, 6.07) is 3.87. The number of aryl methyl sites for hydroxylation is 1. The average molecular weight is 283 g/mol. The number of rotatable bonds is 4. The summed E-state index contributed by atoms with van der Waals surface area (Å²) in [5.41, 5.74) is 3.06. The van der Waals surface area contributed by atoms with Gasteiger partial charge in [0.1, 0.15) is 12.5 Å². The topological polar surface area (TPSA) is 46.2 Å². The van der Waals surface area contributed by atoms with Gasteiger partial charge < -0.3 is 10.8 Å². The van der Waals surface area contributed by atoms with Gasteiger partial charge in [-0.3, -0.25) is 0 Å². The lowest BCUT2D eigenvalue weighted by Gasteiger charge is -2.30. The largest absolute Gasteiger partial charge is 0.414 e. The van der Waals surface area contributed by atoms with Gasteiger partial charge in [0.2, 0.25) is 0 Å². The van der Waals surface area contributed by atoms with Crippen molar-refractivity contribution in [2.24, 2.45) is 5.73 Å². The van der Waals surface area contributed by atoms with Crippen molar-refractivity contribution in [3.8, 4) is 0 Å². The second kappa shape index (κ2) is 5.42. The van der Waals surface area contributed by atoms with Crippen LogP contribution in [0.25, 0.3) is 0 Å². The summed E-state index contributed by atoms with van der Waals surface area (Å²) in [7, 11) is 0. The zero-order valence-electron chi connectivity index (χ0n) is 10.1. The zero-order chi connectivity index (χ0) is 14.8. The first-order chi connectivity index (χ1) is 8.62. The summed E-state index contributed by atoms with van der Waals surface area (Å²) in [4.78, 5) is 0. The van der Waals surface area contributed by atoms with Gasteiger partial charge in [-0.25, -0.2) is 8.78 Å². The molecule has 3 N–H and O–H groups in total. The van der Waals surface area contributed by atoms with Crippen LogP contribution in [0.4, 0.5) is 22.0 Å². The van der Waals surface area contributed by atoms with E-state index < -0.39 is 36.7 Å². The Labute approximate surface area is 107 Å². The maximum atomic E-state index is 13.8. The van der Waals surface area contributed by atoms with Crippen LogP contribution in [-0.2, 0) is 5.54 Å². The molecule has 108 valence electrons. The molecule has 0 saturated heterocycles. The Morgan fingerprint density at radius 2 is 1.89 bits per heavy atom. The molecule has 2 nitrogen and oxygen atoms in total. The van der Waals surface area contributed by atoms with Crippen molar-refractivity contribution in [3.05, 3.63) is 35.1 Å². The highest BCUT2D eigenvalue weighted by Crippen LogP contribution is 2.33. The van der Waals surface area contributed by atoms with Gasteiger partial charge in [-0.2, -0.15) is 13.2 Å². The maximum absolute atomic E-state index is 13.8. The van der Waals surface area contributed by atoms with Crippen LogP contribution in [0.2, 0.25) is 0 Å². The highest BCUT2D eigenvalue weighted by Gasteiger charge is 2.44. The van der Waals surface area contributed by atoms with Gasteiger partial charge in [0.15, 0.2) is 6.10 Å². The fourth-order valence-corrected chi connectivity index (χ4v) is 1.73. The van der Waals surface area contributed by atoms with Crippen LogP contribution in [0.15, 0.2) is 18.2 Å². The van der Waals surface area contributed by atoms with E-state index in [0.717, 1.165) is 6.07 Å². The van der Waals surface area contributed by atoms with E-state index in [4.69, 9.17) is 10.8 Å². The first-order valence-electron chi connectivity index (χ1n) is 5.47. The van der Waals surface area contributed by atoms with Gasteiger partial charge in [-0.1, -0.05) is 18.2 Å². The van der Waals surface area contributed by atoms with Gasteiger partial charge in [-0.05, 0) is 12.5 Å². The van der Waals surface area contributed by atoms with Crippen LogP contribution in [0.5, 0.6) is 0 Å². The number of aliphatic hydroxyl groups is 1. The number of benzene rings is 1. The molecule has 1 rings (SSSR count). The van der Waals surface area contributed by atoms with Crippen molar-refractivity contribution in [1.82, 2.24) is 0 Å². The van der Waals surface area contributed by atoms with Gasteiger partial charge in [0.05, 0.1) is 5.54 Å². The fraction of sp³-hybridized carbons (Fsp3) is 0.500. The van der Waals surface area contributed by atoms with E-state index in [1.54, 1.807) is 0 Å². The molecule has 0 bridgehead atoms. The second-order valence-electron chi connectivity index (χ2n) is 4.49. The number of nitrogens with two attached hydrogens (primary N) is 1. The molecular weight excluding hydrogens is 269 g/mol.